The molecule has 13 heavy (non-hydrogen) atoms. The predicted molar refractivity (Wildman–Crippen MR) is 53.1 cm³/mol. The summed E-state index contributed by atoms with van der Waals surface area (Å²) in [6, 6.07) is 3.26. The topological polar surface area (TPSA) is 53.0 Å². The fourth-order valence-electron chi connectivity index (χ4n) is 1.95. The summed E-state index contributed by atoms with van der Waals surface area (Å²) in [5.74, 6) is 0. The summed E-state index contributed by atoms with van der Waals surface area (Å²) in [5.41, 5.74) is 5.83. The fourth-order valence-corrected chi connectivity index (χ4v) is 1.95. The third-order valence-corrected chi connectivity index (χ3v) is 2.94. The van der Waals surface area contributed by atoms with Crippen molar-refractivity contribution in [2.75, 3.05) is 13.6 Å². The van der Waals surface area contributed by atoms with Crippen LogP contribution in [0.25, 0.3) is 0 Å². The molecule has 0 atom stereocenters. The van der Waals surface area contributed by atoms with Crippen molar-refractivity contribution in [2.24, 2.45) is 5.73 Å². The summed E-state index contributed by atoms with van der Waals surface area (Å²) in [6.07, 6.45) is 5.31. The third kappa shape index (κ3) is 3.33. The van der Waals surface area contributed by atoms with Crippen LogP contribution in [0.5, 0.6) is 0 Å². The molecule has 1 saturated carbocycles. The predicted octanol–water partition coefficient (Wildman–Crippen LogP) is 1.10. The van der Waals surface area contributed by atoms with Crippen molar-refractivity contribution in [3.63, 3.8) is 0 Å². The molecule has 1 fully saturated rings. The van der Waals surface area contributed by atoms with E-state index in [9.17, 15) is 0 Å². The van der Waals surface area contributed by atoms with Gasteiger partial charge in [-0.25, -0.2) is 0 Å². The maximum atomic E-state index is 8.46. The zero-order chi connectivity index (χ0) is 9.68. The minimum absolute atomic E-state index is 0.417. The molecule has 2 N–H and O–H groups in total. The largest absolute Gasteiger partial charge is 0.328 e. The van der Waals surface area contributed by atoms with Crippen molar-refractivity contribution < 1.29 is 0 Å². The minimum Gasteiger partial charge on any atom is -0.328 e. The van der Waals surface area contributed by atoms with Gasteiger partial charge >= 0.3 is 0 Å². The second-order valence-corrected chi connectivity index (χ2v) is 3.96. The smallest absolute Gasteiger partial charge is 0.0635 e. The monoisotopic (exact) mass is 181 g/mol. The van der Waals surface area contributed by atoms with E-state index < -0.39 is 0 Å². The van der Waals surface area contributed by atoms with E-state index in [-0.39, 0.29) is 0 Å². The second kappa shape index (κ2) is 5.21. The van der Waals surface area contributed by atoms with Crippen LogP contribution in [-0.2, 0) is 0 Å². The Kier molecular flexibility index (Phi) is 4.20. The van der Waals surface area contributed by atoms with Crippen molar-refractivity contribution in [1.82, 2.24) is 4.90 Å². The van der Waals surface area contributed by atoms with Gasteiger partial charge in [0.05, 0.1) is 6.07 Å². The number of nitrogens with zero attached hydrogens (tertiary/aromatic N) is 2. The van der Waals surface area contributed by atoms with E-state index in [2.05, 4.69) is 18.0 Å². The average molecular weight is 181 g/mol. The Morgan fingerprint density at radius 1 is 1.38 bits per heavy atom. The van der Waals surface area contributed by atoms with Crippen molar-refractivity contribution in [2.45, 2.75) is 44.2 Å². The summed E-state index contributed by atoms with van der Waals surface area (Å²) >= 11 is 0. The highest BCUT2D eigenvalue weighted by Crippen LogP contribution is 2.20. The van der Waals surface area contributed by atoms with Gasteiger partial charge in [-0.1, -0.05) is 0 Å². The first kappa shape index (κ1) is 10.5. The van der Waals surface area contributed by atoms with Crippen LogP contribution in [0.3, 0.4) is 0 Å². The van der Waals surface area contributed by atoms with Gasteiger partial charge < -0.3 is 10.6 Å². The lowest BCUT2D eigenvalue weighted by molar-refractivity contribution is 0.186. The quantitative estimate of drug-likeness (QED) is 0.709. The van der Waals surface area contributed by atoms with Gasteiger partial charge in [0.2, 0.25) is 0 Å². The van der Waals surface area contributed by atoms with Gasteiger partial charge in [0, 0.05) is 25.0 Å². The Morgan fingerprint density at radius 3 is 2.54 bits per heavy atom. The van der Waals surface area contributed by atoms with E-state index in [4.69, 9.17) is 11.0 Å². The molecule has 1 aliphatic rings. The Balaban J connectivity index is 2.24. The van der Waals surface area contributed by atoms with Crippen LogP contribution in [0.1, 0.15) is 32.1 Å². The maximum Gasteiger partial charge on any atom is 0.0635 e. The Labute approximate surface area is 80.5 Å². The average Bonchev–Trinajstić information content (AvgIpc) is 2.15. The van der Waals surface area contributed by atoms with Gasteiger partial charge in [0.1, 0.15) is 0 Å². The number of rotatable bonds is 3. The van der Waals surface area contributed by atoms with E-state index >= 15 is 0 Å². The van der Waals surface area contributed by atoms with E-state index in [1.165, 1.54) is 12.8 Å². The Hall–Kier alpha value is -0.590. The zero-order valence-electron chi connectivity index (χ0n) is 8.37. The minimum atomic E-state index is 0.417. The van der Waals surface area contributed by atoms with Crippen LogP contribution in [0.15, 0.2) is 0 Å². The van der Waals surface area contributed by atoms with Crippen molar-refractivity contribution in [3.05, 3.63) is 0 Å². The molecular formula is C10H19N3. The van der Waals surface area contributed by atoms with E-state index in [1.54, 1.807) is 0 Å². The summed E-state index contributed by atoms with van der Waals surface area (Å²) in [6.45, 7) is 0.899. The standard InChI is InChI=1S/C10H19N3/c1-13(8-2-7-11)10-5-3-9(12)4-6-10/h9-10H,2-6,8,12H2,1H3. The molecule has 1 rings (SSSR count). The second-order valence-electron chi connectivity index (χ2n) is 3.96. The number of nitriles is 1. The van der Waals surface area contributed by atoms with Crippen LogP contribution in [0, 0.1) is 11.3 Å². The summed E-state index contributed by atoms with van der Waals surface area (Å²) in [4.78, 5) is 2.30. The molecule has 0 amide bonds. The number of hydrogen-bond acceptors (Lipinski definition) is 3. The summed E-state index contributed by atoms with van der Waals surface area (Å²) in [5, 5.41) is 8.46. The molecule has 3 heteroatoms. The highest BCUT2D eigenvalue weighted by atomic mass is 15.1. The first-order valence-electron chi connectivity index (χ1n) is 5.07. The Morgan fingerprint density at radius 2 is 2.00 bits per heavy atom. The van der Waals surface area contributed by atoms with Crippen LogP contribution in [0.4, 0.5) is 0 Å². The molecule has 0 aromatic rings. The molecule has 0 unspecified atom stereocenters. The van der Waals surface area contributed by atoms with Crippen LogP contribution < -0.4 is 5.73 Å². The van der Waals surface area contributed by atoms with Crippen LogP contribution in [-0.4, -0.2) is 30.6 Å². The highest BCUT2D eigenvalue weighted by Gasteiger charge is 2.21. The maximum absolute atomic E-state index is 8.46. The molecule has 74 valence electrons. The molecule has 0 radical (unpaired) electrons. The zero-order valence-corrected chi connectivity index (χ0v) is 8.37. The SMILES string of the molecule is CN(CCC#N)C1CCC(N)CC1. The lowest BCUT2D eigenvalue weighted by Crippen LogP contribution is -2.39. The molecule has 0 spiro atoms. The third-order valence-electron chi connectivity index (χ3n) is 2.94. The van der Waals surface area contributed by atoms with Gasteiger partial charge in [-0.15, -0.1) is 0 Å². The molecule has 0 saturated heterocycles. The first-order valence-corrected chi connectivity index (χ1v) is 5.07. The van der Waals surface area contributed by atoms with Gasteiger partial charge in [0.25, 0.3) is 0 Å². The fraction of sp³-hybridized carbons (Fsp3) is 0.900. The molecular weight excluding hydrogens is 162 g/mol. The van der Waals surface area contributed by atoms with E-state index in [0.717, 1.165) is 19.4 Å². The molecule has 0 aromatic heterocycles. The van der Waals surface area contributed by atoms with Crippen molar-refractivity contribution in [1.29, 1.82) is 5.26 Å². The van der Waals surface area contributed by atoms with Gasteiger partial charge in [0.15, 0.2) is 0 Å². The van der Waals surface area contributed by atoms with Gasteiger partial charge in [-0.05, 0) is 32.7 Å². The number of nitrogens with two attached hydrogens (primary N) is 1. The van der Waals surface area contributed by atoms with Crippen LogP contribution >= 0.6 is 0 Å². The Bertz CT molecular complexity index is 177. The van der Waals surface area contributed by atoms with E-state index in [0.29, 0.717) is 18.5 Å². The normalized spacial score (nSPS) is 28.8. The summed E-state index contributed by atoms with van der Waals surface area (Å²) in [7, 11) is 2.11. The highest BCUT2D eigenvalue weighted by molar-refractivity contribution is 4.81. The molecule has 1 aliphatic carbocycles. The molecule has 0 aromatic carbocycles. The lowest BCUT2D eigenvalue weighted by atomic mass is 9.91. The number of hydrogen-bond donors (Lipinski definition) is 1. The first-order chi connectivity index (χ1) is 6.24. The van der Waals surface area contributed by atoms with Crippen molar-refractivity contribution >= 4 is 0 Å². The lowest BCUT2D eigenvalue weighted by Gasteiger charge is -2.32. The van der Waals surface area contributed by atoms with Gasteiger partial charge in [-0.3, -0.25) is 0 Å². The molecule has 3 nitrogen and oxygen atoms in total. The molecule has 0 aliphatic heterocycles. The van der Waals surface area contributed by atoms with E-state index in [1.807, 2.05) is 0 Å². The van der Waals surface area contributed by atoms with Crippen LogP contribution in [0.2, 0.25) is 0 Å². The van der Waals surface area contributed by atoms with Gasteiger partial charge in [-0.2, -0.15) is 5.26 Å². The summed E-state index contributed by atoms with van der Waals surface area (Å²) < 4.78 is 0. The molecule has 0 bridgehead atoms. The molecule has 0 heterocycles. The van der Waals surface area contributed by atoms with Crippen molar-refractivity contribution in [3.8, 4) is 6.07 Å².